The Morgan fingerprint density at radius 2 is 2.33 bits per heavy atom. The van der Waals surface area contributed by atoms with Gasteiger partial charge < -0.3 is 5.32 Å². The predicted molar refractivity (Wildman–Crippen MR) is 63.0 cm³/mol. The highest BCUT2D eigenvalue weighted by Crippen LogP contribution is 2.23. The number of fused-ring (bicyclic) bond motifs is 3. The number of halogens is 1. The lowest BCUT2D eigenvalue weighted by Gasteiger charge is -2.13. The Morgan fingerprint density at radius 1 is 1.47 bits per heavy atom. The molecule has 0 amide bonds. The maximum Gasteiger partial charge on any atom is 0.137 e. The molecule has 0 unspecified atom stereocenters. The topological polar surface area (TPSA) is 29.3 Å². The Bertz CT molecular complexity index is 530. The summed E-state index contributed by atoms with van der Waals surface area (Å²) in [5, 5.41) is 3.39. The highest BCUT2D eigenvalue weighted by molar-refractivity contribution is 9.10. The summed E-state index contributed by atoms with van der Waals surface area (Å²) in [5.74, 6) is 0. The number of hydrogen-bond acceptors (Lipinski definition) is 2. The van der Waals surface area contributed by atoms with E-state index in [1.54, 1.807) is 0 Å². The minimum Gasteiger partial charge on any atom is -0.311 e. The molecule has 1 aliphatic heterocycles. The molecule has 15 heavy (non-hydrogen) atoms. The van der Waals surface area contributed by atoms with Crippen molar-refractivity contribution in [2.24, 2.45) is 0 Å². The first-order valence-electron chi connectivity index (χ1n) is 5.13. The van der Waals surface area contributed by atoms with Crippen molar-refractivity contribution in [3.05, 3.63) is 33.7 Å². The number of aromatic nitrogens is 2. The summed E-state index contributed by atoms with van der Waals surface area (Å²) < 4.78 is 3.38. The Hall–Kier alpha value is -0.870. The summed E-state index contributed by atoms with van der Waals surface area (Å²) in [7, 11) is 0. The summed E-state index contributed by atoms with van der Waals surface area (Å²) in [5.41, 5.74) is 4.85. The van der Waals surface area contributed by atoms with Crippen molar-refractivity contribution in [2.45, 2.75) is 19.9 Å². The van der Waals surface area contributed by atoms with Crippen molar-refractivity contribution in [3.8, 4) is 0 Å². The monoisotopic (exact) mass is 265 g/mol. The molecule has 0 spiro atoms. The van der Waals surface area contributed by atoms with Crippen LogP contribution in [0.3, 0.4) is 0 Å². The summed E-state index contributed by atoms with van der Waals surface area (Å²) in [4.78, 5) is 4.66. The Balaban J connectivity index is 2.39. The molecule has 2 aromatic heterocycles. The molecule has 0 aromatic carbocycles. The van der Waals surface area contributed by atoms with Gasteiger partial charge in [0.15, 0.2) is 0 Å². The second kappa shape index (κ2) is 3.32. The van der Waals surface area contributed by atoms with Crippen molar-refractivity contribution in [3.63, 3.8) is 0 Å². The number of pyridine rings is 1. The zero-order chi connectivity index (χ0) is 10.4. The van der Waals surface area contributed by atoms with E-state index in [-0.39, 0.29) is 0 Å². The summed E-state index contributed by atoms with van der Waals surface area (Å²) >= 11 is 3.56. The summed E-state index contributed by atoms with van der Waals surface area (Å²) in [6.07, 6.45) is 1.04. The fourth-order valence-corrected chi connectivity index (χ4v) is 2.49. The lowest BCUT2D eigenvalue weighted by molar-refractivity contribution is 0.619. The molecule has 3 rings (SSSR count). The van der Waals surface area contributed by atoms with Crippen LogP contribution in [0.5, 0.6) is 0 Å². The lowest BCUT2D eigenvalue weighted by atomic mass is 10.2. The van der Waals surface area contributed by atoms with Crippen LogP contribution in [0.1, 0.15) is 17.1 Å². The van der Waals surface area contributed by atoms with Crippen LogP contribution in [0, 0.1) is 6.92 Å². The predicted octanol–water partition coefficient (Wildman–Crippen LogP) is 2.05. The van der Waals surface area contributed by atoms with Gasteiger partial charge in [-0.25, -0.2) is 4.98 Å². The van der Waals surface area contributed by atoms with Crippen molar-refractivity contribution >= 4 is 21.6 Å². The van der Waals surface area contributed by atoms with Gasteiger partial charge in [0.2, 0.25) is 0 Å². The SMILES string of the molecule is Cc1c(Br)ccc2nc3c(n12)CNCC3. The van der Waals surface area contributed by atoms with E-state index in [4.69, 9.17) is 0 Å². The van der Waals surface area contributed by atoms with Crippen LogP contribution >= 0.6 is 15.9 Å². The summed E-state index contributed by atoms with van der Waals surface area (Å²) in [6.45, 7) is 4.08. The minimum atomic E-state index is 0.924. The molecule has 1 aliphatic rings. The van der Waals surface area contributed by atoms with Crippen molar-refractivity contribution in [1.29, 1.82) is 0 Å². The van der Waals surface area contributed by atoms with E-state index in [2.05, 4.69) is 49.7 Å². The number of nitrogens with one attached hydrogen (secondary N) is 1. The fourth-order valence-electron chi connectivity index (χ4n) is 2.18. The second-order valence-electron chi connectivity index (χ2n) is 3.89. The third-order valence-corrected chi connectivity index (χ3v) is 3.81. The molecule has 0 saturated carbocycles. The standard InChI is InChI=1S/C11H12BrN3/c1-7-8(12)2-3-11-14-9-4-5-13-6-10(9)15(7)11/h2-3,13H,4-6H2,1H3. The first-order chi connectivity index (χ1) is 7.27. The van der Waals surface area contributed by atoms with Crippen LogP contribution in [0.4, 0.5) is 0 Å². The molecule has 0 fully saturated rings. The molecule has 0 saturated heterocycles. The zero-order valence-corrected chi connectivity index (χ0v) is 10.1. The van der Waals surface area contributed by atoms with Gasteiger partial charge >= 0.3 is 0 Å². The van der Waals surface area contributed by atoms with Gasteiger partial charge in [-0.15, -0.1) is 0 Å². The van der Waals surface area contributed by atoms with Crippen LogP contribution in [-0.2, 0) is 13.0 Å². The Labute approximate surface area is 96.6 Å². The number of hydrogen-bond donors (Lipinski definition) is 1. The van der Waals surface area contributed by atoms with E-state index >= 15 is 0 Å². The Kier molecular flexibility index (Phi) is 2.07. The van der Waals surface area contributed by atoms with Gasteiger partial charge in [-0.1, -0.05) is 0 Å². The zero-order valence-electron chi connectivity index (χ0n) is 8.55. The van der Waals surface area contributed by atoms with E-state index in [1.807, 2.05) is 0 Å². The molecule has 3 heterocycles. The van der Waals surface area contributed by atoms with Gasteiger partial charge in [0.05, 0.1) is 11.4 Å². The number of aryl methyl sites for hydroxylation is 1. The molecule has 78 valence electrons. The third-order valence-electron chi connectivity index (χ3n) is 2.97. The van der Waals surface area contributed by atoms with Crippen LogP contribution < -0.4 is 5.32 Å². The molecule has 3 nitrogen and oxygen atoms in total. The van der Waals surface area contributed by atoms with Crippen molar-refractivity contribution < 1.29 is 0 Å². The third kappa shape index (κ3) is 1.32. The van der Waals surface area contributed by atoms with Gasteiger partial charge in [0, 0.05) is 29.7 Å². The fraction of sp³-hybridized carbons (Fsp3) is 0.364. The summed E-state index contributed by atoms with van der Waals surface area (Å²) in [6, 6.07) is 4.13. The lowest BCUT2D eigenvalue weighted by Crippen LogP contribution is -2.24. The molecule has 0 aliphatic carbocycles. The molecular weight excluding hydrogens is 254 g/mol. The minimum absolute atomic E-state index is 0.924. The number of rotatable bonds is 0. The van der Waals surface area contributed by atoms with E-state index < -0.39 is 0 Å². The molecule has 2 aromatic rings. The first-order valence-corrected chi connectivity index (χ1v) is 5.92. The highest BCUT2D eigenvalue weighted by Gasteiger charge is 2.17. The van der Waals surface area contributed by atoms with Gasteiger partial charge in [0.25, 0.3) is 0 Å². The first kappa shape index (κ1) is 9.36. The van der Waals surface area contributed by atoms with Crippen molar-refractivity contribution in [1.82, 2.24) is 14.7 Å². The Morgan fingerprint density at radius 3 is 3.20 bits per heavy atom. The van der Waals surface area contributed by atoms with Gasteiger partial charge in [-0.05, 0) is 35.0 Å². The molecule has 0 bridgehead atoms. The van der Waals surface area contributed by atoms with Crippen LogP contribution in [0.15, 0.2) is 16.6 Å². The van der Waals surface area contributed by atoms with E-state index in [0.29, 0.717) is 0 Å². The highest BCUT2D eigenvalue weighted by atomic mass is 79.9. The van der Waals surface area contributed by atoms with E-state index in [1.165, 1.54) is 17.1 Å². The molecule has 0 atom stereocenters. The van der Waals surface area contributed by atoms with Gasteiger partial charge in [0.1, 0.15) is 5.65 Å². The normalized spacial score (nSPS) is 15.6. The average Bonchev–Trinajstić information content (AvgIpc) is 2.62. The number of nitrogens with zero attached hydrogens (tertiary/aromatic N) is 2. The number of imidazole rings is 1. The smallest absolute Gasteiger partial charge is 0.137 e. The van der Waals surface area contributed by atoms with Crippen LogP contribution in [-0.4, -0.2) is 15.9 Å². The van der Waals surface area contributed by atoms with Crippen molar-refractivity contribution in [2.75, 3.05) is 6.54 Å². The largest absolute Gasteiger partial charge is 0.311 e. The second-order valence-corrected chi connectivity index (χ2v) is 4.75. The van der Waals surface area contributed by atoms with E-state index in [9.17, 15) is 0 Å². The maximum absolute atomic E-state index is 4.66. The molecule has 0 radical (unpaired) electrons. The van der Waals surface area contributed by atoms with Crippen LogP contribution in [0.25, 0.3) is 5.65 Å². The molecular formula is C11H12BrN3. The molecule has 1 N–H and O–H groups in total. The maximum atomic E-state index is 4.66. The van der Waals surface area contributed by atoms with Gasteiger partial charge in [-0.2, -0.15) is 0 Å². The van der Waals surface area contributed by atoms with Gasteiger partial charge in [-0.3, -0.25) is 4.40 Å². The average molecular weight is 266 g/mol. The van der Waals surface area contributed by atoms with Crippen LogP contribution in [0.2, 0.25) is 0 Å². The molecule has 4 heteroatoms. The van der Waals surface area contributed by atoms with E-state index in [0.717, 1.165) is 29.6 Å². The quantitative estimate of drug-likeness (QED) is 0.790.